The molecular formula is C16H21NO3. The first-order valence-corrected chi connectivity index (χ1v) is 7.19. The fourth-order valence-corrected chi connectivity index (χ4v) is 2.85. The maximum absolute atomic E-state index is 12.3. The van der Waals surface area contributed by atoms with Crippen molar-refractivity contribution in [2.45, 2.75) is 45.1 Å². The van der Waals surface area contributed by atoms with Gasteiger partial charge in [0.1, 0.15) is 0 Å². The Balaban J connectivity index is 2.12. The maximum atomic E-state index is 12.3. The van der Waals surface area contributed by atoms with Gasteiger partial charge in [0.25, 0.3) is 5.91 Å². The Bertz CT molecular complexity index is 498. The van der Waals surface area contributed by atoms with Gasteiger partial charge in [-0.25, -0.2) is 0 Å². The van der Waals surface area contributed by atoms with Crippen LogP contribution in [0.15, 0.2) is 24.3 Å². The van der Waals surface area contributed by atoms with E-state index < -0.39 is 11.9 Å². The van der Waals surface area contributed by atoms with Gasteiger partial charge in [-0.3, -0.25) is 9.59 Å². The van der Waals surface area contributed by atoms with Crippen molar-refractivity contribution in [1.29, 1.82) is 0 Å². The minimum atomic E-state index is -0.804. The van der Waals surface area contributed by atoms with Crippen LogP contribution in [0.25, 0.3) is 0 Å². The molecule has 2 rings (SSSR count). The van der Waals surface area contributed by atoms with Crippen molar-refractivity contribution in [1.82, 2.24) is 5.32 Å². The van der Waals surface area contributed by atoms with Gasteiger partial charge in [0, 0.05) is 11.6 Å². The minimum Gasteiger partial charge on any atom is -0.481 e. The van der Waals surface area contributed by atoms with Crippen LogP contribution in [-0.4, -0.2) is 23.0 Å². The lowest BCUT2D eigenvalue weighted by Gasteiger charge is -2.23. The van der Waals surface area contributed by atoms with Gasteiger partial charge < -0.3 is 10.4 Å². The van der Waals surface area contributed by atoms with Crippen LogP contribution in [0.1, 0.15) is 48.0 Å². The number of aliphatic carboxylic acids is 1. The Hall–Kier alpha value is -1.84. The van der Waals surface area contributed by atoms with Gasteiger partial charge in [-0.1, -0.05) is 37.5 Å². The fourth-order valence-electron chi connectivity index (χ4n) is 2.85. The van der Waals surface area contributed by atoms with E-state index in [-0.39, 0.29) is 11.9 Å². The molecule has 1 aliphatic carbocycles. The SMILES string of the molecule is Cc1ccccc1C(=O)N[C@H]1CCCCC[C@H]1C(=O)O. The molecular weight excluding hydrogens is 254 g/mol. The van der Waals surface area contributed by atoms with Gasteiger partial charge in [0.05, 0.1) is 5.92 Å². The molecule has 0 heterocycles. The summed E-state index contributed by atoms with van der Waals surface area (Å²) in [6.45, 7) is 1.89. The van der Waals surface area contributed by atoms with Crippen LogP contribution in [0.2, 0.25) is 0 Å². The molecule has 0 aromatic heterocycles. The Morgan fingerprint density at radius 3 is 2.55 bits per heavy atom. The van der Waals surface area contributed by atoms with E-state index >= 15 is 0 Å². The maximum Gasteiger partial charge on any atom is 0.308 e. The highest BCUT2D eigenvalue weighted by molar-refractivity contribution is 5.96. The van der Waals surface area contributed by atoms with Crippen molar-refractivity contribution in [2.24, 2.45) is 5.92 Å². The summed E-state index contributed by atoms with van der Waals surface area (Å²) in [5, 5.41) is 12.2. The molecule has 0 spiro atoms. The van der Waals surface area contributed by atoms with E-state index in [0.29, 0.717) is 12.0 Å². The first kappa shape index (κ1) is 14.6. The second kappa shape index (κ2) is 6.55. The average Bonchev–Trinajstić information content (AvgIpc) is 2.64. The molecule has 108 valence electrons. The summed E-state index contributed by atoms with van der Waals surface area (Å²) < 4.78 is 0. The number of carbonyl (C=O) groups excluding carboxylic acids is 1. The number of hydrogen-bond acceptors (Lipinski definition) is 2. The van der Waals surface area contributed by atoms with E-state index in [9.17, 15) is 14.7 Å². The Labute approximate surface area is 119 Å². The molecule has 2 N–H and O–H groups in total. The summed E-state index contributed by atoms with van der Waals surface area (Å²) in [7, 11) is 0. The summed E-state index contributed by atoms with van der Waals surface area (Å²) in [6, 6.07) is 7.11. The highest BCUT2D eigenvalue weighted by Crippen LogP contribution is 2.24. The number of nitrogens with one attached hydrogen (secondary N) is 1. The summed E-state index contributed by atoms with van der Waals surface area (Å²) >= 11 is 0. The molecule has 0 radical (unpaired) electrons. The van der Waals surface area contributed by atoms with E-state index in [1.165, 1.54) is 0 Å². The van der Waals surface area contributed by atoms with Gasteiger partial charge in [0.15, 0.2) is 0 Å². The number of amides is 1. The van der Waals surface area contributed by atoms with Crippen LogP contribution < -0.4 is 5.32 Å². The normalized spacial score (nSPS) is 22.9. The zero-order valence-corrected chi connectivity index (χ0v) is 11.8. The molecule has 1 saturated carbocycles. The third-order valence-corrected chi connectivity index (χ3v) is 4.04. The number of benzene rings is 1. The third kappa shape index (κ3) is 3.38. The molecule has 4 nitrogen and oxygen atoms in total. The standard InChI is InChI=1S/C16H21NO3/c1-11-7-5-6-8-12(11)15(18)17-14-10-4-2-3-9-13(14)16(19)20/h5-8,13-14H,2-4,9-10H2,1H3,(H,17,18)(H,19,20)/t13-,14+/m1/s1. The van der Waals surface area contributed by atoms with E-state index in [2.05, 4.69) is 5.32 Å². The Kier molecular flexibility index (Phi) is 4.77. The first-order valence-electron chi connectivity index (χ1n) is 7.19. The quantitative estimate of drug-likeness (QED) is 0.834. The van der Waals surface area contributed by atoms with E-state index in [4.69, 9.17) is 0 Å². The van der Waals surface area contributed by atoms with Crippen LogP contribution in [0.3, 0.4) is 0 Å². The topological polar surface area (TPSA) is 66.4 Å². The second-order valence-corrected chi connectivity index (χ2v) is 5.48. The third-order valence-electron chi connectivity index (χ3n) is 4.04. The Morgan fingerprint density at radius 2 is 1.85 bits per heavy atom. The molecule has 1 aromatic rings. The predicted molar refractivity (Wildman–Crippen MR) is 76.6 cm³/mol. The Morgan fingerprint density at radius 1 is 1.15 bits per heavy atom. The largest absolute Gasteiger partial charge is 0.481 e. The van der Waals surface area contributed by atoms with Crippen molar-refractivity contribution in [3.63, 3.8) is 0 Å². The van der Waals surface area contributed by atoms with Crippen molar-refractivity contribution < 1.29 is 14.7 Å². The van der Waals surface area contributed by atoms with Crippen LogP contribution in [0, 0.1) is 12.8 Å². The van der Waals surface area contributed by atoms with Crippen molar-refractivity contribution in [2.75, 3.05) is 0 Å². The molecule has 1 fully saturated rings. The van der Waals surface area contributed by atoms with Crippen LogP contribution in [0.5, 0.6) is 0 Å². The summed E-state index contributed by atoms with van der Waals surface area (Å²) in [6.07, 6.45) is 4.33. The van der Waals surface area contributed by atoms with Gasteiger partial charge in [0.2, 0.25) is 0 Å². The number of hydrogen-bond donors (Lipinski definition) is 2. The van der Waals surface area contributed by atoms with E-state index in [1.54, 1.807) is 6.07 Å². The number of aryl methyl sites for hydroxylation is 1. The molecule has 0 unspecified atom stereocenters. The summed E-state index contributed by atoms with van der Waals surface area (Å²) in [5.41, 5.74) is 1.53. The molecule has 2 atom stereocenters. The summed E-state index contributed by atoms with van der Waals surface area (Å²) in [4.78, 5) is 23.7. The van der Waals surface area contributed by atoms with E-state index in [0.717, 1.165) is 31.2 Å². The molecule has 1 aromatic carbocycles. The molecule has 0 bridgehead atoms. The average molecular weight is 275 g/mol. The molecule has 1 amide bonds. The fraction of sp³-hybridized carbons (Fsp3) is 0.500. The second-order valence-electron chi connectivity index (χ2n) is 5.48. The van der Waals surface area contributed by atoms with Gasteiger partial charge in [-0.15, -0.1) is 0 Å². The van der Waals surface area contributed by atoms with E-state index in [1.807, 2.05) is 25.1 Å². The van der Waals surface area contributed by atoms with Crippen molar-refractivity contribution >= 4 is 11.9 Å². The zero-order chi connectivity index (χ0) is 14.5. The molecule has 0 saturated heterocycles. The number of carboxylic acid groups (broad SMARTS) is 1. The monoisotopic (exact) mass is 275 g/mol. The van der Waals surface area contributed by atoms with Crippen molar-refractivity contribution in [3.8, 4) is 0 Å². The predicted octanol–water partition coefficient (Wildman–Crippen LogP) is 2.76. The first-order chi connectivity index (χ1) is 9.59. The number of carbonyl (C=O) groups is 2. The molecule has 1 aliphatic rings. The van der Waals surface area contributed by atoms with Crippen LogP contribution in [0.4, 0.5) is 0 Å². The molecule has 20 heavy (non-hydrogen) atoms. The lowest BCUT2D eigenvalue weighted by Crippen LogP contribution is -2.43. The van der Waals surface area contributed by atoms with Crippen molar-refractivity contribution in [3.05, 3.63) is 35.4 Å². The van der Waals surface area contributed by atoms with Gasteiger partial charge in [-0.05, 0) is 31.4 Å². The van der Waals surface area contributed by atoms with Gasteiger partial charge in [-0.2, -0.15) is 0 Å². The lowest BCUT2D eigenvalue weighted by atomic mass is 9.94. The molecule has 4 heteroatoms. The highest BCUT2D eigenvalue weighted by atomic mass is 16.4. The number of carboxylic acids is 1. The smallest absolute Gasteiger partial charge is 0.308 e. The molecule has 0 aliphatic heterocycles. The highest BCUT2D eigenvalue weighted by Gasteiger charge is 2.30. The van der Waals surface area contributed by atoms with Crippen LogP contribution in [-0.2, 0) is 4.79 Å². The number of rotatable bonds is 3. The van der Waals surface area contributed by atoms with Crippen LogP contribution >= 0.6 is 0 Å². The van der Waals surface area contributed by atoms with Gasteiger partial charge >= 0.3 is 5.97 Å². The minimum absolute atomic E-state index is 0.166. The zero-order valence-electron chi connectivity index (χ0n) is 11.8. The lowest BCUT2D eigenvalue weighted by molar-refractivity contribution is -0.142. The summed E-state index contributed by atoms with van der Waals surface area (Å²) in [5.74, 6) is -1.44.